The van der Waals surface area contributed by atoms with Crippen LogP contribution in [0.15, 0.2) is 17.0 Å². The Hall–Kier alpha value is -1.54. The number of ether oxygens (including phenoxy) is 1. The molecule has 2 rings (SSSR count). The molecule has 0 saturated carbocycles. The Morgan fingerprint density at radius 1 is 1.00 bits per heavy atom. The lowest BCUT2D eigenvalue weighted by Crippen LogP contribution is -2.31. The van der Waals surface area contributed by atoms with E-state index >= 15 is 0 Å². The van der Waals surface area contributed by atoms with Crippen molar-refractivity contribution < 1.29 is 26.7 Å². The van der Waals surface area contributed by atoms with Crippen molar-refractivity contribution in [1.29, 1.82) is 0 Å². The molecule has 0 spiro atoms. The fourth-order valence-electron chi connectivity index (χ4n) is 4.02. The third kappa shape index (κ3) is 6.23. The second-order valence-electron chi connectivity index (χ2n) is 7.90. The van der Waals surface area contributed by atoms with Crippen LogP contribution < -0.4 is 0 Å². The molecule has 0 fully saturated rings. The second-order valence-corrected chi connectivity index (χ2v) is 9.73. The maximum atomic E-state index is 14.3. The summed E-state index contributed by atoms with van der Waals surface area (Å²) in [5.74, 6) is -2.61. The summed E-state index contributed by atoms with van der Waals surface area (Å²) in [6.07, 6.45) is 10.7. The van der Waals surface area contributed by atoms with Crippen LogP contribution >= 0.6 is 0 Å². The molecule has 0 aromatic heterocycles. The first-order chi connectivity index (χ1) is 14.3. The van der Waals surface area contributed by atoms with E-state index in [2.05, 4.69) is 11.7 Å². The number of nitrogens with zero attached hydrogens (tertiary/aromatic N) is 1. The highest BCUT2D eigenvalue weighted by Crippen LogP contribution is 2.43. The Bertz CT molecular complexity index is 814. The largest absolute Gasteiger partial charge is 0.469 e. The number of methoxy groups -OCH3 is 1. The second kappa shape index (κ2) is 11.7. The Balaban J connectivity index is 1.95. The molecule has 0 saturated heterocycles. The van der Waals surface area contributed by atoms with Crippen molar-refractivity contribution in [3.63, 3.8) is 0 Å². The molecule has 0 aliphatic carbocycles. The monoisotopic (exact) mass is 445 g/mol. The zero-order valence-electron chi connectivity index (χ0n) is 18.0. The van der Waals surface area contributed by atoms with Crippen LogP contribution in [0.4, 0.5) is 8.78 Å². The van der Waals surface area contributed by atoms with E-state index in [1.54, 1.807) is 0 Å². The molecular weight excluding hydrogens is 412 g/mol. The lowest BCUT2D eigenvalue weighted by atomic mass is 10.0. The summed E-state index contributed by atoms with van der Waals surface area (Å²) >= 11 is 0. The van der Waals surface area contributed by atoms with Crippen molar-refractivity contribution in [2.75, 3.05) is 13.7 Å². The topological polar surface area (TPSA) is 63.7 Å². The fraction of sp³-hybridized carbons (Fsp3) is 0.682. The van der Waals surface area contributed by atoms with Crippen LogP contribution in [0.25, 0.3) is 0 Å². The van der Waals surface area contributed by atoms with Crippen molar-refractivity contribution >= 4 is 16.0 Å². The number of sulfonamides is 1. The minimum atomic E-state index is -4.12. The highest BCUT2D eigenvalue weighted by molar-refractivity contribution is 7.89. The maximum absolute atomic E-state index is 14.3. The zero-order valence-corrected chi connectivity index (χ0v) is 18.8. The Morgan fingerprint density at radius 3 is 2.13 bits per heavy atom. The van der Waals surface area contributed by atoms with Gasteiger partial charge in [0.15, 0.2) is 0 Å². The number of hydrogen-bond donors (Lipinski definition) is 0. The van der Waals surface area contributed by atoms with Crippen LogP contribution in [-0.4, -0.2) is 32.3 Å². The van der Waals surface area contributed by atoms with Crippen molar-refractivity contribution in [2.45, 2.75) is 88.5 Å². The third-order valence-electron chi connectivity index (χ3n) is 5.63. The third-order valence-corrected chi connectivity index (χ3v) is 7.63. The lowest BCUT2D eigenvalue weighted by Gasteiger charge is -2.22. The van der Waals surface area contributed by atoms with Crippen LogP contribution in [0.3, 0.4) is 0 Å². The van der Waals surface area contributed by atoms with Gasteiger partial charge in [-0.05, 0) is 18.1 Å². The van der Waals surface area contributed by atoms with E-state index in [1.807, 2.05) is 0 Å². The maximum Gasteiger partial charge on any atom is 0.307 e. The van der Waals surface area contributed by atoms with Gasteiger partial charge in [0, 0.05) is 12.6 Å². The van der Waals surface area contributed by atoms with Crippen LogP contribution in [0.1, 0.15) is 89.2 Å². The summed E-state index contributed by atoms with van der Waals surface area (Å²) < 4.78 is 59.6. The van der Waals surface area contributed by atoms with Crippen molar-refractivity contribution in [2.24, 2.45) is 0 Å². The highest BCUT2D eigenvalue weighted by atomic mass is 32.2. The number of halogens is 2. The number of carbonyl (C=O) groups is 1. The first-order valence-electron chi connectivity index (χ1n) is 10.9. The summed E-state index contributed by atoms with van der Waals surface area (Å²) in [5, 5.41) is 0. The molecule has 1 aliphatic heterocycles. The normalized spacial score (nSPS) is 17.8. The number of hydrogen-bond acceptors (Lipinski definition) is 4. The van der Waals surface area contributed by atoms with Gasteiger partial charge in [-0.1, -0.05) is 64.7 Å². The molecule has 0 radical (unpaired) electrons. The summed E-state index contributed by atoms with van der Waals surface area (Å²) in [6, 6.07) is 0.624. The van der Waals surface area contributed by atoms with E-state index in [9.17, 15) is 22.0 Å². The van der Waals surface area contributed by atoms with Crippen LogP contribution in [0.2, 0.25) is 0 Å². The quantitative estimate of drug-likeness (QED) is 0.297. The predicted molar refractivity (Wildman–Crippen MR) is 111 cm³/mol. The van der Waals surface area contributed by atoms with Gasteiger partial charge in [0.1, 0.15) is 16.5 Å². The Labute approximate surface area is 178 Å². The average Bonchev–Trinajstić information content (AvgIpc) is 2.89. The minimum Gasteiger partial charge on any atom is -0.469 e. The van der Waals surface area contributed by atoms with Gasteiger partial charge in [-0.3, -0.25) is 4.79 Å². The number of rotatable bonds is 13. The van der Waals surface area contributed by atoms with E-state index < -0.39 is 38.6 Å². The average molecular weight is 446 g/mol. The van der Waals surface area contributed by atoms with Gasteiger partial charge in [-0.25, -0.2) is 17.2 Å². The van der Waals surface area contributed by atoms with Gasteiger partial charge < -0.3 is 4.74 Å². The van der Waals surface area contributed by atoms with E-state index in [1.165, 1.54) is 45.6 Å². The number of unbranched alkanes of at least 4 members (excludes halogenated alkanes) is 9. The molecule has 1 aromatic rings. The number of carbonyl (C=O) groups excluding carboxylic acids is 1. The first kappa shape index (κ1) is 24.7. The molecule has 1 aromatic carbocycles. The van der Waals surface area contributed by atoms with Gasteiger partial charge in [0.2, 0.25) is 10.0 Å². The molecule has 30 heavy (non-hydrogen) atoms. The number of fused-ring (bicyclic) bond motifs is 1. The Morgan fingerprint density at radius 2 is 1.57 bits per heavy atom. The first-order valence-corrected chi connectivity index (χ1v) is 12.3. The smallest absolute Gasteiger partial charge is 0.307 e. The Kier molecular flexibility index (Phi) is 9.68. The molecule has 0 amide bonds. The predicted octanol–water partition coefficient (Wildman–Crippen LogP) is 5.49. The molecule has 170 valence electrons. The van der Waals surface area contributed by atoms with Crippen LogP contribution in [0.5, 0.6) is 0 Å². The summed E-state index contributed by atoms with van der Waals surface area (Å²) in [7, 11) is -2.92. The van der Waals surface area contributed by atoms with E-state index in [-0.39, 0.29) is 18.5 Å². The molecule has 0 bridgehead atoms. The number of benzene rings is 1. The van der Waals surface area contributed by atoms with Gasteiger partial charge in [0.05, 0.1) is 19.6 Å². The van der Waals surface area contributed by atoms with Crippen LogP contribution in [-0.2, 0) is 19.6 Å². The molecule has 0 N–H and O–H groups in total. The lowest BCUT2D eigenvalue weighted by molar-refractivity contribution is -0.141. The van der Waals surface area contributed by atoms with Gasteiger partial charge in [-0.2, -0.15) is 4.31 Å². The van der Waals surface area contributed by atoms with Gasteiger partial charge in [0.25, 0.3) is 0 Å². The fourth-order valence-corrected chi connectivity index (χ4v) is 5.95. The standard InChI is InChI=1S/C22H33F2NO4S/c1-3-4-5-6-7-8-9-10-11-12-13-25-20(16-21(26)29-2)18-14-17(23)15-19(24)22(18)30(25,27)28/h14-15,20H,3-13,16H2,1-2H3/t20-/m0/s1. The molecular formula is C22H33F2NO4S. The summed E-state index contributed by atoms with van der Waals surface area (Å²) in [6.45, 7) is 2.36. The van der Waals surface area contributed by atoms with Crippen molar-refractivity contribution in [3.05, 3.63) is 29.3 Å². The molecule has 1 aliphatic rings. The van der Waals surface area contributed by atoms with Crippen molar-refractivity contribution in [3.8, 4) is 0 Å². The highest BCUT2D eigenvalue weighted by Gasteiger charge is 2.45. The molecule has 1 heterocycles. The van der Waals surface area contributed by atoms with E-state index in [0.717, 1.165) is 29.6 Å². The summed E-state index contributed by atoms with van der Waals surface area (Å²) in [4.78, 5) is 11.3. The number of esters is 1. The zero-order chi connectivity index (χ0) is 22.1. The van der Waals surface area contributed by atoms with Gasteiger partial charge >= 0.3 is 5.97 Å². The molecule has 1 atom stereocenters. The van der Waals surface area contributed by atoms with Crippen molar-refractivity contribution in [1.82, 2.24) is 4.31 Å². The minimum absolute atomic E-state index is 0.00928. The SMILES string of the molecule is CCCCCCCCCCCCN1[C@@H](CC(=O)OC)c2cc(F)cc(F)c2S1(=O)=O. The summed E-state index contributed by atoms with van der Waals surface area (Å²) in [5.41, 5.74) is -0.00928. The van der Waals surface area contributed by atoms with Gasteiger partial charge in [-0.15, -0.1) is 0 Å². The molecule has 8 heteroatoms. The van der Waals surface area contributed by atoms with Crippen LogP contribution in [0, 0.1) is 11.6 Å². The molecule has 5 nitrogen and oxygen atoms in total. The van der Waals surface area contributed by atoms with E-state index in [0.29, 0.717) is 12.5 Å². The molecule has 0 unspecified atom stereocenters. The van der Waals surface area contributed by atoms with E-state index in [4.69, 9.17) is 0 Å².